The van der Waals surface area contributed by atoms with Crippen LogP contribution in [0.3, 0.4) is 0 Å². The first-order valence-electron chi connectivity index (χ1n) is 8.14. The molecule has 1 saturated heterocycles. The molecule has 1 fully saturated rings. The number of benzene rings is 2. The maximum absolute atomic E-state index is 11.0. The lowest BCUT2D eigenvalue weighted by Gasteiger charge is -2.36. The molecule has 0 saturated carbocycles. The Hall–Kier alpha value is -2.11. The molecule has 0 spiro atoms. The molecule has 126 valence electrons. The highest BCUT2D eigenvalue weighted by molar-refractivity contribution is 6.30. The number of nitrogens with one attached hydrogen (secondary N) is 1. The number of non-ortho nitro benzene ring substituents is 1. The average Bonchev–Trinajstić information content (AvgIpc) is 2.61. The van der Waals surface area contributed by atoms with E-state index in [0.29, 0.717) is 0 Å². The Labute approximate surface area is 146 Å². The van der Waals surface area contributed by atoms with Crippen LogP contribution in [0.1, 0.15) is 18.5 Å². The second-order valence-electron chi connectivity index (χ2n) is 6.20. The maximum atomic E-state index is 11.0. The summed E-state index contributed by atoms with van der Waals surface area (Å²) in [4.78, 5) is 14.4. The summed E-state index contributed by atoms with van der Waals surface area (Å²) in [5.41, 5.74) is 2.34. The smallest absolute Gasteiger partial charge is 0.269 e. The number of nitro groups is 1. The first kappa shape index (κ1) is 16.7. The quantitative estimate of drug-likeness (QED) is 0.684. The van der Waals surface area contributed by atoms with Crippen molar-refractivity contribution in [1.29, 1.82) is 0 Å². The van der Waals surface area contributed by atoms with Gasteiger partial charge < -0.3 is 9.80 Å². The summed E-state index contributed by atoms with van der Waals surface area (Å²) >= 11 is 6.08. The minimum atomic E-state index is -0.331. The van der Waals surface area contributed by atoms with Crippen LogP contribution in [0.25, 0.3) is 0 Å². The van der Waals surface area contributed by atoms with E-state index < -0.39 is 0 Å². The first-order chi connectivity index (χ1) is 11.5. The van der Waals surface area contributed by atoms with Crippen molar-refractivity contribution in [2.45, 2.75) is 13.0 Å². The molecule has 2 aromatic rings. The lowest BCUT2D eigenvalue weighted by Crippen LogP contribution is -3.14. The number of quaternary nitrogens is 1. The first-order valence-corrected chi connectivity index (χ1v) is 8.52. The Bertz CT molecular complexity index is 730. The Morgan fingerprint density at radius 3 is 2.54 bits per heavy atom. The van der Waals surface area contributed by atoms with Crippen molar-refractivity contribution in [3.05, 3.63) is 69.2 Å². The van der Waals surface area contributed by atoms with Gasteiger partial charge in [0.2, 0.25) is 0 Å². The van der Waals surface area contributed by atoms with Crippen LogP contribution >= 0.6 is 11.6 Å². The third-order valence-corrected chi connectivity index (χ3v) is 5.01. The Balaban J connectivity index is 1.66. The van der Waals surface area contributed by atoms with Gasteiger partial charge in [-0.1, -0.05) is 29.8 Å². The minimum absolute atomic E-state index is 0.163. The summed E-state index contributed by atoms with van der Waals surface area (Å²) in [6, 6.07) is 15.2. The Kier molecular flexibility index (Phi) is 5.02. The van der Waals surface area contributed by atoms with E-state index in [4.69, 9.17) is 11.6 Å². The van der Waals surface area contributed by atoms with Gasteiger partial charge in [-0.3, -0.25) is 10.1 Å². The average molecular weight is 347 g/mol. The predicted molar refractivity (Wildman–Crippen MR) is 95.9 cm³/mol. The molecule has 0 aliphatic carbocycles. The van der Waals surface area contributed by atoms with Crippen molar-refractivity contribution in [3.8, 4) is 0 Å². The molecule has 3 rings (SSSR count). The molecule has 0 amide bonds. The topological polar surface area (TPSA) is 50.8 Å². The Morgan fingerprint density at radius 1 is 1.17 bits per heavy atom. The molecule has 0 bridgehead atoms. The molecule has 1 atom stereocenters. The molecule has 24 heavy (non-hydrogen) atoms. The number of piperazine rings is 1. The van der Waals surface area contributed by atoms with E-state index in [9.17, 15) is 10.1 Å². The number of nitro benzene ring substituents is 1. The van der Waals surface area contributed by atoms with Gasteiger partial charge in [0.05, 0.1) is 31.1 Å². The standard InChI is InChI=1S/C18H20ClN3O2/c1-14(15-4-2-7-18(12-15)22(23)24)20-8-10-21(11-9-20)17-6-3-5-16(19)13-17/h2-7,12-14H,8-11H2,1H3/p+1/t14-/m1/s1. The molecule has 6 heteroatoms. The van der Waals surface area contributed by atoms with Crippen LogP contribution in [-0.2, 0) is 0 Å². The third kappa shape index (κ3) is 3.68. The summed E-state index contributed by atoms with van der Waals surface area (Å²) < 4.78 is 0. The van der Waals surface area contributed by atoms with Crippen molar-refractivity contribution in [2.24, 2.45) is 0 Å². The van der Waals surface area contributed by atoms with Gasteiger partial charge in [0.1, 0.15) is 6.04 Å². The highest BCUT2D eigenvalue weighted by atomic mass is 35.5. The molecule has 0 radical (unpaired) electrons. The van der Waals surface area contributed by atoms with Crippen LogP contribution in [0.4, 0.5) is 11.4 Å². The number of nitrogens with zero attached hydrogens (tertiary/aromatic N) is 2. The van der Waals surface area contributed by atoms with Gasteiger partial charge >= 0.3 is 0 Å². The van der Waals surface area contributed by atoms with Crippen molar-refractivity contribution in [2.75, 3.05) is 31.1 Å². The SMILES string of the molecule is C[C@H](c1cccc([N+](=O)[O-])c1)[NH+]1CCN(c2cccc(Cl)c2)CC1. The molecular formula is C18H21ClN3O2+. The van der Waals surface area contributed by atoms with Gasteiger partial charge in [-0.25, -0.2) is 0 Å². The zero-order chi connectivity index (χ0) is 17.1. The van der Waals surface area contributed by atoms with E-state index in [1.807, 2.05) is 24.3 Å². The van der Waals surface area contributed by atoms with Crippen molar-refractivity contribution in [1.82, 2.24) is 0 Å². The van der Waals surface area contributed by atoms with Gasteiger partial charge in [0.25, 0.3) is 5.69 Å². The zero-order valence-electron chi connectivity index (χ0n) is 13.6. The third-order valence-electron chi connectivity index (χ3n) is 4.77. The van der Waals surface area contributed by atoms with Crippen molar-refractivity contribution >= 4 is 23.0 Å². The molecule has 5 nitrogen and oxygen atoms in total. The number of hydrogen-bond acceptors (Lipinski definition) is 3. The number of halogens is 1. The molecule has 1 aliphatic rings. The fourth-order valence-corrected chi connectivity index (χ4v) is 3.49. The van der Waals surface area contributed by atoms with E-state index in [1.54, 1.807) is 18.2 Å². The molecule has 2 aromatic carbocycles. The molecular weight excluding hydrogens is 326 g/mol. The predicted octanol–water partition coefficient (Wildman–Crippen LogP) is 2.71. The lowest BCUT2D eigenvalue weighted by atomic mass is 10.1. The second kappa shape index (κ2) is 7.20. The highest BCUT2D eigenvalue weighted by Gasteiger charge is 2.26. The Morgan fingerprint density at radius 2 is 1.88 bits per heavy atom. The van der Waals surface area contributed by atoms with E-state index in [1.165, 1.54) is 4.90 Å². The summed E-state index contributed by atoms with van der Waals surface area (Å²) in [5.74, 6) is 0. The fraction of sp³-hybridized carbons (Fsp3) is 0.333. The monoisotopic (exact) mass is 346 g/mol. The van der Waals surface area contributed by atoms with Crippen LogP contribution in [0.5, 0.6) is 0 Å². The number of hydrogen-bond donors (Lipinski definition) is 1. The maximum Gasteiger partial charge on any atom is 0.269 e. The summed E-state index contributed by atoms with van der Waals surface area (Å²) in [5, 5.41) is 11.7. The van der Waals surface area contributed by atoms with Crippen LogP contribution in [-0.4, -0.2) is 31.1 Å². The van der Waals surface area contributed by atoms with E-state index in [0.717, 1.165) is 42.5 Å². The summed E-state index contributed by atoms with van der Waals surface area (Å²) in [7, 11) is 0. The van der Waals surface area contributed by atoms with E-state index in [-0.39, 0.29) is 16.7 Å². The largest absolute Gasteiger partial charge is 0.360 e. The minimum Gasteiger partial charge on any atom is -0.360 e. The molecule has 1 heterocycles. The second-order valence-corrected chi connectivity index (χ2v) is 6.64. The van der Waals surface area contributed by atoms with Gasteiger partial charge in [0.15, 0.2) is 0 Å². The lowest BCUT2D eigenvalue weighted by molar-refractivity contribution is -0.930. The normalized spacial score (nSPS) is 16.8. The number of anilines is 1. The van der Waals surface area contributed by atoms with Crippen molar-refractivity contribution < 1.29 is 9.82 Å². The van der Waals surface area contributed by atoms with Gasteiger partial charge in [-0.05, 0) is 25.1 Å². The van der Waals surface area contributed by atoms with Crippen LogP contribution in [0.15, 0.2) is 48.5 Å². The molecule has 0 aromatic heterocycles. The fourth-order valence-electron chi connectivity index (χ4n) is 3.30. The molecule has 1 aliphatic heterocycles. The number of rotatable bonds is 4. The van der Waals surface area contributed by atoms with E-state index in [2.05, 4.69) is 17.9 Å². The van der Waals surface area contributed by atoms with E-state index >= 15 is 0 Å². The van der Waals surface area contributed by atoms with Crippen LogP contribution < -0.4 is 9.80 Å². The summed E-state index contributed by atoms with van der Waals surface area (Å²) in [6.07, 6.45) is 0. The van der Waals surface area contributed by atoms with Crippen LogP contribution in [0.2, 0.25) is 5.02 Å². The van der Waals surface area contributed by atoms with Gasteiger partial charge in [-0.15, -0.1) is 0 Å². The highest BCUT2D eigenvalue weighted by Crippen LogP contribution is 2.20. The molecule has 1 N–H and O–H groups in total. The summed E-state index contributed by atoms with van der Waals surface area (Å²) in [6.45, 7) is 6.04. The van der Waals surface area contributed by atoms with Crippen LogP contribution in [0, 0.1) is 10.1 Å². The van der Waals surface area contributed by atoms with Gasteiger partial charge in [0, 0.05) is 28.4 Å². The van der Waals surface area contributed by atoms with Crippen molar-refractivity contribution in [3.63, 3.8) is 0 Å². The molecule has 0 unspecified atom stereocenters. The zero-order valence-corrected chi connectivity index (χ0v) is 14.4. The van der Waals surface area contributed by atoms with Gasteiger partial charge in [-0.2, -0.15) is 0 Å².